The molecule has 2 aliphatic heterocycles. The highest BCUT2D eigenvalue weighted by Gasteiger charge is 2.38. The molecule has 1 saturated heterocycles. The molecule has 1 fully saturated rings. The Kier molecular flexibility index (Phi) is 4.18. The van der Waals surface area contributed by atoms with E-state index in [0.717, 1.165) is 54.4 Å². The van der Waals surface area contributed by atoms with Crippen LogP contribution in [-0.4, -0.2) is 39.8 Å². The molecule has 2 aliphatic rings. The molecule has 0 aliphatic carbocycles. The number of rotatable bonds is 2. The first-order chi connectivity index (χ1) is 14.0. The van der Waals surface area contributed by atoms with Crippen molar-refractivity contribution in [1.82, 2.24) is 20.6 Å². The van der Waals surface area contributed by atoms with Gasteiger partial charge in [0.1, 0.15) is 0 Å². The molecule has 0 spiro atoms. The molecule has 0 bridgehead atoms. The quantitative estimate of drug-likeness (QED) is 0.701. The summed E-state index contributed by atoms with van der Waals surface area (Å²) in [6.07, 6.45) is -2.54. The van der Waals surface area contributed by atoms with E-state index < -0.39 is 11.7 Å². The molecule has 0 saturated carbocycles. The Morgan fingerprint density at radius 3 is 2.45 bits per heavy atom. The maximum absolute atomic E-state index is 13.0. The minimum absolute atomic E-state index is 0.212. The van der Waals surface area contributed by atoms with Crippen LogP contribution in [0.25, 0.3) is 0 Å². The van der Waals surface area contributed by atoms with Crippen LogP contribution in [0.4, 0.5) is 30.2 Å². The molecule has 0 radical (unpaired) electrons. The highest BCUT2D eigenvalue weighted by atomic mass is 19.4. The van der Waals surface area contributed by atoms with Gasteiger partial charge in [-0.25, -0.2) is 0 Å². The van der Waals surface area contributed by atoms with Gasteiger partial charge >= 0.3 is 6.18 Å². The van der Waals surface area contributed by atoms with E-state index in [1.54, 1.807) is 12.1 Å². The first kappa shape index (κ1) is 18.0. The van der Waals surface area contributed by atoms with Gasteiger partial charge in [-0.1, -0.05) is 17.3 Å². The van der Waals surface area contributed by atoms with Gasteiger partial charge in [0.2, 0.25) is 0 Å². The van der Waals surface area contributed by atoms with Crippen LogP contribution in [0.3, 0.4) is 0 Å². The Hall–Kier alpha value is -3.10. The Labute approximate surface area is 165 Å². The lowest BCUT2D eigenvalue weighted by atomic mass is 9.87. The smallest absolute Gasteiger partial charge is 0.365 e. The SMILES string of the molecule is FC(F)(F)c1ccc(N2C[C@@H]3C[C@@H](c4nn[nH]n4)CCN3c3ccccc32)cc1. The van der Waals surface area contributed by atoms with E-state index >= 15 is 0 Å². The van der Waals surface area contributed by atoms with Gasteiger partial charge in [-0.15, -0.1) is 10.2 Å². The highest BCUT2D eigenvalue weighted by molar-refractivity contribution is 5.80. The summed E-state index contributed by atoms with van der Waals surface area (Å²) in [5.74, 6) is 0.944. The summed E-state index contributed by atoms with van der Waals surface area (Å²) < 4.78 is 38.9. The van der Waals surface area contributed by atoms with Crippen molar-refractivity contribution in [2.24, 2.45) is 0 Å². The number of halogens is 3. The molecular formula is C20H19F3N6. The van der Waals surface area contributed by atoms with Gasteiger partial charge in [0.25, 0.3) is 0 Å². The fourth-order valence-corrected chi connectivity index (χ4v) is 4.44. The van der Waals surface area contributed by atoms with Gasteiger partial charge < -0.3 is 9.80 Å². The molecule has 3 heterocycles. The van der Waals surface area contributed by atoms with E-state index in [2.05, 4.69) is 36.5 Å². The second-order valence-corrected chi connectivity index (χ2v) is 7.48. The van der Waals surface area contributed by atoms with Crippen molar-refractivity contribution in [3.63, 3.8) is 0 Å². The first-order valence-corrected chi connectivity index (χ1v) is 9.54. The van der Waals surface area contributed by atoms with Crippen LogP contribution in [-0.2, 0) is 6.18 Å². The fourth-order valence-electron chi connectivity index (χ4n) is 4.44. The van der Waals surface area contributed by atoms with Crippen molar-refractivity contribution in [2.75, 3.05) is 22.9 Å². The average Bonchev–Trinajstić information content (AvgIpc) is 3.27. The number of aromatic amines is 1. The molecule has 2 atom stereocenters. The van der Waals surface area contributed by atoms with Crippen LogP contribution in [0.1, 0.15) is 30.1 Å². The van der Waals surface area contributed by atoms with E-state index in [1.807, 2.05) is 18.2 Å². The second kappa shape index (κ2) is 6.75. The molecular weight excluding hydrogens is 381 g/mol. The van der Waals surface area contributed by atoms with Crippen molar-refractivity contribution in [3.05, 3.63) is 59.9 Å². The molecule has 9 heteroatoms. The summed E-state index contributed by atoms with van der Waals surface area (Å²) in [4.78, 5) is 4.50. The fraction of sp³-hybridized carbons (Fsp3) is 0.350. The Bertz CT molecular complexity index is 986. The summed E-state index contributed by atoms with van der Waals surface area (Å²) in [5.41, 5.74) is 2.24. The number of anilines is 3. The van der Waals surface area contributed by atoms with Gasteiger partial charge in [-0.2, -0.15) is 18.4 Å². The minimum atomic E-state index is -4.34. The van der Waals surface area contributed by atoms with Crippen molar-refractivity contribution in [3.8, 4) is 0 Å². The zero-order valence-corrected chi connectivity index (χ0v) is 15.5. The number of piperidine rings is 1. The van der Waals surface area contributed by atoms with Crippen LogP contribution in [0.2, 0.25) is 0 Å². The average molecular weight is 400 g/mol. The maximum Gasteiger partial charge on any atom is 0.416 e. The molecule has 5 rings (SSSR count). The lowest BCUT2D eigenvalue weighted by molar-refractivity contribution is -0.137. The van der Waals surface area contributed by atoms with Gasteiger partial charge in [0, 0.05) is 30.7 Å². The summed E-state index contributed by atoms with van der Waals surface area (Å²) in [5, 5.41) is 14.5. The Morgan fingerprint density at radius 2 is 1.76 bits per heavy atom. The van der Waals surface area contributed by atoms with Crippen molar-refractivity contribution in [1.29, 1.82) is 0 Å². The topological polar surface area (TPSA) is 60.9 Å². The zero-order valence-electron chi connectivity index (χ0n) is 15.5. The molecule has 6 nitrogen and oxygen atoms in total. The summed E-state index contributed by atoms with van der Waals surface area (Å²) in [7, 11) is 0. The van der Waals surface area contributed by atoms with E-state index in [1.165, 1.54) is 0 Å². The lowest BCUT2D eigenvalue weighted by Gasteiger charge is -2.48. The van der Waals surface area contributed by atoms with Crippen LogP contribution in [0.5, 0.6) is 0 Å². The number of aromatic nitrogens is 4. The number of benzene rings is 2. The number of tetrazole rings is 1. The van der Waals surface area contributed by atoms with Gasteiger partial charge in [0.15, 0.2) is 5.82 Å². The molecule has 2 aromatic carbocycles. The van der Waals surface area contributed by atoms with Crippen molar-refractivity contribution >= 4 is 17.1 Å². The molecule has 1 aromatic heterocycles. The third kappa shape index (κ3) is 3.20. The normalized spacial score (nSPS) is 21.6. The van der Waals surface area contributed by atoms with E-state index in [0.29, 0.717) is 6.54 Å². The standard InChI is InChI=1S/C20H19F3N6/c21-20(22,23)14-5-7-15(8-6-14)29-12-16-11-13(19-24-26-27-25-19)9-10-28(16)17-3-1-2-4-18(17)29/h1-8,13,16H,9-12H2,(H,24,25,26,27)/t13-,16-/m0/s1. The minimum Gasteiger partial charge on any atom is -0.365 e. The van der Waals surface area contributed by atoms with Gasteiger partial charge in [0.05, 0.1) is 16.9 Å². The number of fused-ring (bicyclic) bond motifs is 3. The van der Waals surface area contributed by atoms with Crippen molar-refractivity contribution in [2.45, 2.75) is 31.0 Å². The monoisotopic (exact) mass is 400 g/mol. The largest absolute Gasteiger partial charge is 0.416 e. The van der Waals surface area contributed by atoms with Crippen LogP contribution in [0.15, 0.2) is 48.5 Å². The molecule has 150 valence electrons. The molecule has 1 N–H and O–H groups in total. The Balaban J connectivity index is 1.48. The Morgan fingerprint density at radius 1 is 1.00 bits per heavy atom. The van der Waals surface area contributed by atoms with Crippen molar-refractivity contribution < 1.29 is 13.2 Å². The number of hydrogen-bond donors (Lipinski definition) is 1. The third-order valence-electron chi connectivity index (χ3n) is 5.82. The third-order valence-corrected chi connectivity index (χ3v) is 5.82. The molecule has 0 unspecified atom stereocenters. The summed E-state index contributed by atoms with van der Waals surface area (Å²) >= 11 is 0. The molecule has 29 heavy (non-hydrogen) atoms. The summed E-state index contributed by atoms with van der Waals surface area (Å²) in [6, 6.07) is 13.7. The predicted molar refractivity (Wildman–Crippen MR) is 102 cm³/mol. The number of nitrogens with one attached hydrogen (secondary N) is 1. The molecule has 3 aromatic rings. The van der Waals surface area contributed by atoms with Gasteiger partial charge in [-0.05, 0) is 49.2 Å². The van der Waals surface area contributed by atoms with E-state index in [-0.39, 0.29) is 12.0 Å². The van der Waals surface area contributed by atoms with E-state index in [9.17, 15) is 13.2 Å². The van der Waals surface area contributed by atoms with E-state index in [4.69, 9.17) is 0 Å². The number of H-pyrrole nitrogens is 1. The molecule has 0 amide bonds. The number of para-hydroxylation sites is 2. The van der Waals surface area contributed by atoms with Gasteiger partial charge in [-0.3, -0.25) is 0 Å². The van der Waals surface area contributed by atoms with Crippen LogP contribution in [0, 0.1) is 0 Å². The number of nitrogens with zero attached hydrogens (tertiary/aromatic N) is 5. The lowest BCUT2D eigenvalue weighted by Crippen LogP contribution is -2.51. The maximum atomic E-state index is 13.0. The second-order valence-electron chi connectivity index (χ2n) is 7.48. The highest BCUT2D eigenvalue weighted by Crippen LogP contribution is 2.44. The van der Waals surface area contributed by atoms with Crippen LogP contribution < -0.4 is 9.80 Å². The number of hydrogen-bond acceptors (Lipinski definition) is 5. The first-order valence-electron chi connectivity index (χ1n) is 9.54. The predicted octanol–water partition coefficient (Wildman–Crippen LogP) is 4.12. The zero-order chi connectivity index (χ0) is 20.0. The summed E-state index contributed by atoms with van der Waals surface area (Å²) in [6.45, 7) is 1.57. The van der Waals surface area contributed by atoms with Crippen LogP contribution >= 0.6 is 0 Å². The number of alkyl halides is 3.